The maximum absolute atomic E-state index is 12.0. The second kappa shape index (κ2) is 4.42. The summed E-state index contributed by atoms with van der Waals surface area (Å²) in [6, 6.07) is 3.21. The summed E-state index contributed by atoms with van der Waals surface area (Å²) in [7, 11) is 0. The van der Waals surface area contributed by atoms with Crippen molar-refractivity contribution in [1.29, 1.82) is 0 Å². The third-order valence-electron chi connectivity index (χ3n) is 1.52. The lowest BCUT2D eigenvalue weighted by molar-refractivity contribution is -0.0999. The Morgan fingerprint density at radius 2 is 1.71 bits per heavy atom. The van der Waals surface area contributed by atoms with Gasteiger partial charge in [0.05, 0.1) is 5.69 Å². The standard InChI is InChI=1S/C8H6F3I2N/c1-4-2-7(14-8(9,10)11)6(13)3-5(4)12/h2-3,14H,1H3. The molecule has 0 spiro atoms. The lowest BCUT2D eigenvalue weighted by Gasteiger charge is -2.13. The van der Waals surface area contributed by atoms with Gasteiger partial charge in [-0.05, 0) is 69.8 Å². The number of rotatable bonds is 1. The number of hydrogen-bond acceptors (Lipinski definition) is 1. The van der Waals surface area contributed by atoms with Crippen molar-refractivity contribution in [2.75, 3.05) is 5.32 Å². The molecule has 0 aromatic heterocycles. The van der Waals surface area contributed by atoms with Crippen LogP contribution in [0.2, 0.25) is 0 Å². The van der Waals surface area contributed by atoms with E-state index in [9.17, 15) is 13.2 Å². The second-order valence-electron chi connectivity index (χ2n) is 2.70. The van der Waals surface area contributed by atoms with E-state index in [1.807, 2.05) is 22.6 Å². The smallest absolute Gasteiger partial charge is 0.296 e. The van der Waals surface area contributed by atoms with E-state index in [1.54, 1.807) is 13.0 Å². The summed E-state index contributed by atoms with van der Waals surface area (Å²) in [6.07, 6.45) is -4.38. The highest BCUT2D eigenvalue weighted by Crippen LogP contribution is 2.28. The van der Waals surface area contributed by atoms with Crippen molar-refractivity contribution in [2.45, 2.75) is 13.2 Å². The molecule has 0 aliphatic heterocycles. The third-order valence-corrected chi connectivity index (χ3v) is 3.58. The van der Waals surface area contributed by atoms with Gasteiger partial charge in [-0.2, -0.15) is 13.2 Å². The van der Waals surface area contributed by atoms with Crippen molar-refractivity contribution in [1.82, 2.24) is 0 Å². The summed E-state index contributed by atoms with van der Waals surface area (Å²) in [5, 5.41) is 1.51. The van der Waals surface area contributed by atoms with E-state index in [2.05, 4.69) is 22.6 Å². The molecule has 0 aliphatic carbocycles. The molecule has 1 rings (SSSR count). The number of benzene rings is 1. The minimum atomic E-state index is -4.38. The first-order valence-corrected chi connectivity index (χ1v) is 5.76. The predicted octanol–water partition coefficient (Wildman–Crippen LogP) is 4.14. The zero-order valence-corrected chi connectivity index (χ0v) is 11.4. The maximum atomic E-state index is 12.0. The Bertz CT molecular complexity index is 349. The number of anilines is 1. The van der Waals surface area contributed by atoms with Crippen molar-refractivity contribution in [3.05, 3.63) is 24.8 Å². The molecule has 0 aliphatic rings. The van der Waals surface area contributed by atoms with Crippen LogP contribution >= 0.6 is 45.2 Å². The first-order valence-electron chi connectivity index (χ1n) is 3.60. The van der Waals surface area contributed by atoms with Gasteiger partial charge in [0.15, 0.2) is 0 Å². The van der Waals surface area contributed by atoms with E-state index in [0.29, 0.717) is 3.57 Å². The summed E-state index contributed by atoms with van der Waals surface area (Å²) >= 11 is 3.97. The van der Waals surface area contributed by atoms with E-state index >= 15 is 0 Å². The van der Waals surface area contributed by atoms with Gasteiger partial charge < -0.3 is 0 Å². The molecular weight excluding hydrogens is 421 g/mol. The number of halogens is 5. The summed E-state index contributed by atoms with van der Waals surface area (Å²) in [5.41, 5.74) is 0.939. The average molecular weight is 427 g/mol. The molecule has 0 fully saturated rings. The van der Waals surface area contributed by atoms with Crippen LogP contribution in [0, 0.1) is 14.1 Å². The van der Waals surface area contributed by atoms with Crippen molar-refractivity contribution in [3.63, 3.8) is 0 Å². The molecule has 1 N–H and O–H groups in total. The van der Waals surface area contributed by atoms with E-state index in [0.717, 1.165) is 9.13 Å². The summed E-state index contributed by atoms with van der Waals surface area (Å²) < 4.78 is 37.6. The van der Waals surface area contributed by atoms with Gasteiger partial charge in [-0.15, -0.1) is 0 Å². The summed E-state index contributed by atoms with van der Waals surface area (Å²) in [6.45, 7) is 1.78. The summed E-state index contributed by atoms with van der Waals surface area (Å²) in [5.74, 6) is 0. The van der Waals surface area contributed by atoms with Crippen LogP contribution in [-0.4, -0.2) is 6.30 Å². The van der Waals surface area contributed by atoms with Gasteiger partial charge in [0, 0.05) is 7.14 Å². The summed E-state index contributed by atoms with van der Waals surface area (Å²) in [4.78, 5) is 0. The van der Waals surface area contributed by atoms with E-state index in [1.165, 1.54) is 11.4 Å². The van der Waals surface area contributed by atoms with Crippen LogP contribution in [0.3, 0.4) is 0 Å². The van der Waals surface area contributed by atoms with Crippen LogP contribution < -0.4 is 5.32 Å². The Hall–Kier alpha value is 0.270. The monoisotopic (exact) mass is 427 g/mol. The number of aryl methyl sites for hydroxylation is 1. The minimum absolute atomic E-state index is 0.107. The zero-order chi connectivity index (χ0) is 10.9. The highest BCUT2D eigenvalue weighted by molar-refractivity contribution is 14.1. The molecule has 0 heterocycles. The van der Waals surface area contributed by atoms with Gasteiger partial charge >= 0.3 is 6.30 Å². The Balaban J connectivity index is 3.04. The highest BCUT2D eigenvalue weighted by Gasteiger charge is 2.28. The fourth-order valence-corrected chi connectivity index (χ4v) is 2.57. The molecule has 0 unspecified atom stereocenters. The lowest BCUT2D eigenvalue weighted by atomic mass is 10.2. The minimum Gasteiger partial charge on any atom is -0.296 e. The van der Waals surface area contributed by atoms with Crippen molar-refractivity contribution in [2.24, 2.45) is 0 Å². The average Bonchev–Trinajstić information content (AvgIpc) is 1.97. The molecule has 0 amide bonds. The van der Waals surface area contributed by atoms with Crippen LogP contribution in [0.25, 0.3) is 0 Å². The topological polar surface area (TPSA) is 12.0 Å². The largest absolute Gasteiger partial charge is 0.482 e. The molecule has 1 aromatic rings. The van der Waals surface area contributed by atoms with Gasteiger partial charge in [-0.25, -0.2) is 0 Å². The van der Waals surface area contributed by atoms with Crippen molar-refractivity contribution in [3.8, 4) is 0 Å². The van der Waals surface area contributed by atoms with E-state index < -0.39 is 6.30 Å². The van der Waals surface area contributed by atoms with Crippen molar-refractivity contribution >= 4 is 50.9 Å². The van der Waals surface area contributed by atoms with Gasteiger partial charge in [-0.3, -0.25) is 5.32 Å². The zero-order valence-electron chi connectivity index (χ0n) is 7.04. The first kappa shape index (κ1) is 12.3. The number of hydrogen-bond donors (Lipinski definition) is 1. The van der Waals surface area contributed by atoms with Crippen LogP contribution in [0.15, 0.2) is 12.1 Å². The van der Waals surface area contributed by atoms with Gasteiger partial charge in [0.25, 0.3) is 0 Å². The number of nitrogens with one attached hydrogen (secondary N) is 1. The SMILES string of the molecule is Cc1cc(NC(F)(F)F)c(I)cc1I. The van der Waals surface area contributed by atoms with Gasteiger partial charge in [0.2, 0.25) is 0 Å². The van der Waals surface area contributed by atoms with Crippen LogP contribution in [0.5, 0.6) is 0 Å². The molecular formula is C8H6F3I2N. The molecule has 78 valence electrons. The molecule has 14 heavy (non-hydrogen) atoms. The molecule has 0 atom stereocenters. The van der Waals surface area contributed by atoms with E-state index in [-0.39, 0.29) is 5.69 Å². The third kappa shape index (κ3) is 3.44. The first-order chi connectivity index (χ1) is 6.29. The van der Waals surface area contributed by atoms with E-state index in [4.69, 9.17) is 0 Å². The van der Waals surface area contributed by atoms with Crippen LogP contribution in [0.1, 0.15) is 5.56 Å². The van der Waals surface area contributed by atoms with Crippen LogP contribution in [0.4, 0.5) is 18.9 Å². The lowest BCUT2D eigenvalue weighted by Crippen LogP contribution is -2.21. The molecule has 0 saturated heterocycles. The molecule has 0 radical (unpaired) electrons. The van der Waals surface area contributed by atoms with Crippen LogP contribution in [-0.2, 0) is 0 Å². The van der Waals surface area contributed by atoms with Gasteiger partial charge in [0.1, 0.15) is 0 Å². The van der Waals surface area contributed by atoms with Gasteiger partial charge in [-0.1, -0.05) is 0 Å². The normalized spacial score (nSPS) is 11.6. The molecule has 1 nitrogen and oxygen atoms in total. The van der Waals surface area contributed by atoms with Crippen molar-refractivity contribution < 1.29 is 13.2 Å². The highest BCUT2D eigenvalue weighted by atomic mass is 127. The molecule has 0 bridgehead atoms. The Morgan fingerprint density at radius 1 is 1.14 bits per heavy atom. The second-order valence-corrected chi connectivity index (χ2v) is 5.03. The Morgan fingerprint density at radius 3 is 2.21 bits per heavy atom. The fourth-order valence-electron chi connectivity index (χ4n) is 0.906. The molecule has 6 heteroatoms. The Labute approximate surface area is 107 Å². The molecule has 1 aromatic carbocycles. The quantitative estimate of drug-likeness (QED) is 0.526. The Kier molecular flexibility index (Phi) is 3.89. The predicted molar refractivity (Wildman–Crippen MR) is 66.3 cm³/mol. The maximum Gasteiger partial charge on any atom is 0.482 e. The molecule has 0 saturated carbocycles. The number of alkyl halides is 3. The fraction of sp³-hybridized carbons (Fsp3) is 0.250.